The maximum absolute atomic E-state index is 13.2. The van der Waals surface area contributed by atoms with Crippen LogP contribution in [0.4, 0.5) is 0 Å². The first-order valence-corrected chi connectivity index (χ1v) is 11.7. The molecular formula is C25H28N2OS. The van der Waals surface area contributed by atoms with Crippen LogP contribution in [0.5, 0.6) is 0 Å². The molecule has 0 N–H and O–H groups in total. The van der Waals surface area contributed by atoms with Crippen molar-refractivity contribution in [2.24, 2.45) is 5.92 Å². The van der Waals surface area contributed by atoms with Gasteiger partial charge in [0.2, 0.25) is 0 Å². The second-order valence-corrected chi connectivity index (χ2v) is 9.34. The monoisotopic (exact) mass is 404 g/mol. The minimum atomic E-state index is 0.195. The van der Waals surface area contributed by atoms with Gasteiger partial charge in [-0.3, -0.25) is 4.79 Å². The third-order valence-corrected chi connectivity index (χ3v) is 7.41. The molecule has 2 aliphatic rings. The molecule has 1 atom stereocenters. The fraction of sp³-hybridized carbons (Fsp3) is 0.400. The highest BCUT2D eigenvalue weighted by Crippen LogP contribution is 2.31. The number of thiophene rings is 1. The van der Waals surface area contributed by atoms with Crippen LogP contribution in [0.15, 0.2) is 59.3 Å². The minimum absolute atomic E-state index is 0.195. The summed E-state index contributed by atoms with van der Waals surface area (Å²) in [5.41, 5.74) is 2.38. The van der Waals surface area contributed by atoms with Crippen LogP contribution in [0.1, 0.15) is 41.1 Å². The van der Waals surface area contributed by atoms with Crippen molar-refractivity contribution in [1.29, 1.82) is 0 Å². The van der Waals surface area contributed by atoms with E-state index in [1.807, 2.05) is 35.6 Å². The fourth-order valence-corrected chi connectivity index (χ4v) is 5.81. The lowest BCUT2D eigenvalue weighted by Gasteiger charge is -2.33. The van der Waals surface area contributed by atoms with Gasteiger partial charge in [-0.1, -0.05) is 36.4 Å². The van der Waals surface area contributed by atoms with Crippen molar-refractivity contribution >= 4 is 28.0 Å². The predicted octanol–water partition coefficient (Wildman–Crippen LogP) is 5.24. The van der Waals surface area contributed by atoms with Crippen LogP contribution in [0.2, 0.25) is 0 Å². The Hall–Kier alpha value is -2.17. The predicted molar refractivity (Wildman–Crippen MR) is 121 cm³/mol. The summed E-state index contributed by atoms with van der Waals surface area (Å²) in [6, 6.07) is 16.5. The topological polar surface area (TPSA) is 23.6 Å². The van der Waals surface area contributed by atoms with Crippen molar-refractivity contribution < 1.29 is 4.79 Å². The standard InChI is InChI=1S/C25H28N2OS/c28-25(24-7-3-5-21-4-1-2-6-23(21)24)27-14-8-19(17-27)16-26-12-9-20(10-13-26)22-11-15-29-18-22/h1-7,11,15,18-20H,8-10,12-14,16-17H2/t19-/m1/s1. The van der Waals surface area contributed by atoms with Gasteiger partial charge in [0.25, 0.3) is 5.91 Å². The van der Waals surface area contributed by atoms with E-state index in [-0.39, 0.29) is 5.91 Å². The van der Waals surface area contributed by atoms with Gasteiger partial charge < -0.3 is 9.80 Å². The summed E-state index contributed by atoms with van der Waals surface area (Å²) in [5.74, 6) is 1.54. The number of hydrogen-bond donors (Lipinski definition) is 0. The van der Waals surface area contributed by atoms with Crippen LogP contribution in [0, 0.1) is 5.92 Å². The second kappa shape index (κ2) is 8.29. The normalized spacial score (nSPS) is 21.1. The number of rotatable bonds is 4. The molecule has 2 fully saturated rings. The molecule has 0 saturated carbocycles. The number of hydrogen-bond acceptors (Lipinski definition) is 3. The Balaban J connectivity index is 1.18. The van der Waals surface area contributed by atoms with Gasteiger partial charge in [0.15, 0.2) is 0 Å². The molecule has 1 aromatic heterocycles. The summed E-state index contributed by atoms with van der Waals surface area (Å²) >= 11 is 1.81. The number of nitrogens with zero attached hydrogens (tertiary/aromatic N) is 2. The number of carbonyl (C=O) groups is 1. The Bertz CT molecular complexity index is 970. The van der Waals surface area contributed by atoms with Crippen molar-refractivity contribution in [1.82, 2.24) is 9.80 Å². The van der Waals surface area contributed by atoms with E-state index in [1.165, 1.54) is 31.5 Å². The zero-order valence-electron chi connectivity index (χ0n) is 16.8. The Morgan fingerprint density at radius 2 is 1.79 bits per heavy atom. The maximum atomic E-state index is 13.2. The van der Waals surface area contributed by atoms with Gasteiger partial charge in [-0.15, -0.1) is 0 Å². The molecule has 3 heterocycles. The first-order chi connectivity index (χ1) is 14.3. The number of fused-ring (bicyclic) bond motifs is 1. The first-order valence-electron chi connectivity index (χ1n) is 10.8. The van der Waals surface area contributed by atoms with Gasteiger partial charge in [-0.2, -0.15) is 11.3 Å². The summed E-state index contributed by atoms with van der Waals surface area (Å²) in [4.78, 5) is 17.9. The van der Waals surface area contributed by atoms with Crippen molar-refractivity contribution in [2.45, 2.75) is 25.2 Å². The molecular weight excluding hydrogens is 376 g/mol. The van der Waals surface area contributed by atoms with Crippen molar-refractivity contribution in [3.05, 3.63) is 70.4 Å². The largest absolute Gasteiger partial charge is 0.338 e. The van der Waals surface area contributed by atoms with Gasteiger partial charge in [0, 0.05) is 25.2 Å². The number of likely N-dealkylation sites (tertiary alicyclic amines) is 2. The summed E-state index contributed by atoms with van der Waals surface area (Å²) in [6.07, 6.45) is 3.66. The molecule has 1 amide bonds. The molecule has 2 aromatic carbocycles. The average Bonchev–Trinajstić information content (AvgIpc) is 3.46. The van der Waals surface area contributed by atoms with E-state index in [2.05, 4.69) is 44.8 Å². The Labute approximate surface area is 176 Å². The molecule has 4 heteroatoms. The Morgan fingerprint density at radius 3 is 2.62 bits per heavy atom. The highest BCUT2D eigenvalue weighted by Gasteiger charge is 2.30. The summed E-state index contributed by atoms with van der Waals surface area (Å²) in [6.45, 7) is 5.29. The van der Waals surface area contributed by atoms with E-state index in [0.29, 0.717) is 5.92 Å². The molecule has 0 bridgehead atoms. The molecule has 3 nitrogen and oxygen atoms in total. The zero-order chi connectivity index (χ0) is 19.6. The van der Waals surface area contributed by atoms with Crippen LogP contribution in [0.25, 0.3) is 10.8 Å². The highest BCUT2D eigenvalue weighted by atomic mass is 32.1. The molecule has 150 valence electrons. The molecule has 3 aromatic rings. The molecule has 0 aliphatic carbocycles. The summed E-state index contributed by atoms with van der Waals surface area (Å²) in [7, 11) is 0. The number of benzene rings is 2. The van der Waals surface area contributed by atoms with E-state index < -0.39 is 0 Å². The number of amides is 1. The lowest BCUT2D eigenvalue weighted by Crippen LogP contribution is -2.37. The number of piperidine rings is 1. The van der Waals surface area contributed by atoms with Crippen LogP contribution in [-0.2, 0) is 0 Å². The smallest absolute Gasteiger partial charge is 0.254 e. The molecule has 0 unspecified atom stereocenters. The zero-order valence-corrected chi connectivity index (χ0v) is 17.6. The van der Waals surface area contributed by atoms with Crippen LogP contribution in [-0.4, -0.2) is 48.4 Å². The van der Waals surface area contributed by atoms with Gasteiger partial charge in [-0.05, 0) is 83.4 Å². The summed E-state index contributed by atoms with van der Waals surface area (Å²) < 4.78 is 0. The van der Waals surface area contributed by atoms with Crippen molar-refractivity contribution in [2.75, 3.05) is 32.7 Å². The lowest BCUT2D eigenvalue weighted by atomic mass is 9.91. The molecule has 2 aliphatic heterocycles. The van der Waals surface area contributed by atoms with Crippen LogP contribution in [0.3, 0.4) is 0 Å². The van der Waals surface area contributed by atoms with E-state index in [9.17, 15) is 4.79 Å². The molecule has 2 saturated heterocycles. The Kier molecular flexibility index (Phi) is 5.38. The van der Waals surface area contributed by atoms with Gasteiger partial charge in [0.05, 0.1) is 0 Å². The maximum Gasteiger partial charge on any atom is 0.254 e. The summed E-state index contributed by atoms with van der Waals surface area (Å²) in [5, 5.41) is 6.72. The van der Waals surface area contributed by atoms with Crippen molar-refractivity contribution in [3.8, 4) is 0 Å². The SMILES string of the molecule is O=C(c1cccc2ccccc12)N1CC[C@H](CN2CCC(c3ccsc3)CC2)C1. The quantitative estimate of drug-likeness (QED) is 0.593. The van der Waals surface area contributed by atoms with Gasteiger partial charge in [-0.25, -0.2) is 0 Å². The molecule has 0 radical (unpaired) electrons. The fourth-order valence-electron chi connectivity index (χ4n) is 5.07. The van der Waals surface area contributed by atoms with E-state index in [0.717, 1.165) is 48.3 Å². The van der Waals surface area contributed by atoms with Crippen LogP contribution < -0.4 is 0 Å². The third kappa shape index (κ3) is 3.96. The van der Waals surface area contributed by atoms with E-state index >= 15 is 0 Å². The third-order valence-electron chi connectivity index (χ3n) is 6.71. The van der Waals surface area contributed by atoms with Crippen LogP contribution >= 0.6 is 11.3 Å². The van der Waals surface area contributed by atoms with Gasteiger partial charge in [0.1, 0.15) is 0 Å². The van der Waals surface area contributed by atoms with E-state index in [1.54, 1.807) is 0 Å². The van der Waals surface area contributed by atoms with Crippen molar-refractivity contribution in [3.63, 3.8) is 0 Å². The lowest BCUT2D eigenvalue weighted by molar-refractivity contribution is 0.0784. The Morgan fingerprint density at radius 1 is 0.966 bits per heavy atom. The molecule has 29 heavy (non-hydrogen) atoms. The van der Waals surface area contributed by atoms with E-state index in [4.69, 9.17) is 0 Å². The first kappa shape index (κ1) is 18.8. The molecule has 5 rings (SSSR count). The molecule has 0 spiro atoms. The number of carbonyl (C=O) groups excluding carboxylic acids is 1. The second-order valence-electron chi connectivity index (χ2n) is 8.56. The minimum Gasteiger partial charge on any atom is -0.338 e. The highest BCUT2D eigenvalue weighted by molar-refractivity contribution is 7.08. The van der Waals surface area contributed by atoms with Gasteiger partial charge >= 0.3 is 0 Å². The average molecular weight is 405 g/mol.